The van der Waals surface area contributed by atoms with Crippen molar-refractivity contribution < 1.29 is 0 Å². The van der Waals surface area contributed by atoms with E-state index in [1.807, 2.05) is 0 Å². The molecule has 0 heterocycles. The van der Waals surface area contributed by atoms with Crippen LogP contribution in [-0.2, 0) is 0 Å². The van der Waals surface area contributed by atoms with E-state index in [2.05, 4.69) is 18.0 Å². The average molecular weight is 216 g/mol. The summed E-state index contributed by atoms with van der Waals surface area (Å²) < 4.78 is 0. The van der Waals surface area contributed by atoms with Gasteiger partial charge < -0.3 is 5.32 Å². The third kappa shape index (κ3) is 1.68. The SMILES string of the molecule is C=C(C#N)CNC12CC3CC(CC(C3)C1)C2. The second kappa shape index (κ2) is 3.60. The van der Waals surface area contributed by atoms with Gasteiger partial charge in [-0.3, -0.25) is 0 Å². The zero-order valence-electron chi connectivity index (χ0n) is 9.84. The first-order valence-corrected chi connectivity index (χ1v) is 6.52. The van der Waals surface area contributed by atoms with Gasteiger partial charge in [-0.15, -0.1) is 0 Å². The molecule has 0 spiro atoms. The van der Waals surface area contributed by atoms with E-state index in [-0.39, 0.29) is 0 Å². The minimum absolute atomic E-state index is 0.370. The first-order chi connectivity index (χ1) is 7.69. The molecule has 4 aliphatic rings. The first-order valence-electron chi connectivity index (χ1n) is 6.52. The van der Waals surface area contributed by atoms with Gasteiger partial charge in [0.2, 0.25) is 0 Å². The number of hydrogen-bond acceptors (Lipinski definition) is 2. The van der Waals surface area contributed by atoms with Gasteiger partial charge in [0.15, 0.2) is 0 Å². The van der Waals surface area contributed by atoms with Crippen LogP contribution in [-0.4, -0.2) is 12.1 Å². The summed E-state index contributed by atoms with van der Waals surface area (Å²) >= 11 is 0. The molecule has 2 heteroatoms. The normalized spacial score (nSPS) is 44.3. The van der Waals surface area contributed by atoms with Crippen LogP contribution in [0.15, 0.2) is 12.2 Å². The Morgan fingerprint density at radius 1 is 1.19 bits per heavy atom. The van der Waals surface area contributed by atoms with Gasteiger partial charge in [0.25, 0.3) is 0 Å². The highest BCUT2D eigenvalue weighted by Gasteiger charge is 2.50. The van der Waals surface area contributed by atoms with Gasteiger partial charge in [-0.05, 0) is 56.3 Å². The number of nitriles is 1. The number of hydrogen-bond donors (Lipinski definition) is 1. The van der Waals surface area contributed by atoms with E-state index in [0.29, 0.717) is 17.7 Å². The molecule has 4 saturated carbocycles. The largest absolute Gasteiger partial charge is 0.306 e. The van der Waals surface area contributed by atoms with Crippen LogP contribution in [0, 0.1) is 29.1 Å². The molecule has 0 aliphatic heterocycles. The van der Waals surface area contributed by atoms with Crippen LogP contribution >= 0.6 is 0 Å². The average Bonchev–Trinajstić information content (AvgIpc) is 2.24. The smallest absolute Gasteiger partial charge is 0.0954 e. The number of nitrogens with one attached hydrogen (secondary N) is 1. The molecule has 16 heavy (non-hydrogen) atoms. The predicted molar refractivity (Wildman–Crippen MR) is 63.7 cm³/mol. The Hall–Kier alpha value is -0.810. The third-order valence-corrected chi connectivity index (χ3v) is 4.87. The van der Waals surface area contributed by atoms with Crippen molar-refractivity contribution in [2.45, 2.75) is 44.1 Å². The molecule has 0 amide bonds. The lowest BCUT2D eigenvalue weighted by Gasteiger charge is -2.57. The van der Waals surface area contributed by atoms with Gasteiger partial charge in [-0.25, -0.2) is 0 Å². The van der Waals surface area contributed by atoms with Crippen molar-refractivity contribution in [3.8, 4) is 6.07 Å². The predicted octanol–water partition coefficient (Wildman–Crippen LogP) is 2.62. The van der Waals surface area contributed by atoms with Gasteiger partial charge >= 0.3 is 0 Å². The molecule has 0 saturated heterocycles. The fourth-order valence-electron chi connectivity index (χ4n) is 4.66. The Balaban J connectivity index is 1.69. The fraction of sp³-hybridized carbons (Fsp3) is 0.786. The molecule has 4 fully saturated rings. The van der Waals surface area contributed by atoms with Crippen LogP contribution in [0.3, 0.4) is 0 Å². The zero-order chi connectivity index (χ0) is 11.2. The van der Waals surface area contributed by atoms with Crippen molar-refractivity contribution in [3.05, 3.63) is 12.2 Å². The maximum atomic E-state index is 8.76. The zero-order valence-corrected chi connectivity index (χ0v) is 9.84. The van der Waals surface area contributed by atoms with E-state index >= 15 is 0 Å². The minimum Gasteiger partial charge on any atom is -0.306 e. The molecule has 0 aromatic heterocycles. The van der Waals surface area contributed by atoms with Gasteiger partial charge in [-0.2, -0.15) is 5.26 Å². The molecule has 86 valence electrons. The summed E-state index contributed by atoms with van der Waals surface area (Å²) in [5, 5.41) is 12.4. The number of rotatable bonds is 3. The molecule has 0 aromatic carbocycles. The van der Waals surface area contributed by atoms with Crippen LogP contribution in [0.25, 0.3) is 0 Å². The van der Waals surface area contributed by atoms with Crippen molar-refractivity contribution in [2.24, 2.45) is 17.8 Å². The monoisotopic (exact) mass is 216 g/mol. The molecule has 0 atom stereocenters. The summed E-state index contributed by atoms with van der Waals surface area (Å²) in [4.78, 5) is 0. The summed E-state index contributed by atoms with van der Waals surface area (Å²) in [6.45, 7) is 4.46. The molecular formula is C14H20N2. The lowest BCUT2D eigenvalue weighted by Crippen LogP contribution is -2.58. The fourth-order valence-corrected chi connectivity index (χ4v) is 4.66. The summed E-state index contributed by atoms with van der Waals surface area (Å²) in [7, 11) is 0. The van der Waals surface area contributed by atoms with E-state index in [9.17, 15) is 0 Å². The Morgan fingerprint density at radius 3 is 2.12 bits per heavy atom. The van der Waals surface area contributed by atoms with Crippen LogP contribution < -0.4 is 5.32 Å². The maximum absolute atomic E-state index is 8.76. The quantitative estimate of drug-likeness (QED) is 0.736. The second-order valence-electron chi connectivity index (χ2n) is 6.27. The van der Waals surface area contributed by atoms with Crippen molar-refractivity contribution >= 4 is 0 Å². The molecule has 4 aliphatic carbocycles. The Bertz CT molecular complexity index is 315. The standard InChI is InChI=1S/C14H20N2/c1-10(8-15)9-16-14-5-11-2-12(6-14)4-13(3-11)7-14/h11-13,16H,1-7,9H2. The molecule has 0 radical (unpaired) electrons. The molecule has 2 nitrogen and oxygen atoms in total. The summed E-state index contributed by atoms with van der Waals surface area (Å²) in [6, 6.07) is 2.14. The lowest BCUT2D eigenvalue weighted by molar-refractivity contribution is -0.0180. The van der Waals surface area contributed by atoms with E-state index in [0.717, 1.165) is 17.8 Å². The Kier molecular flexibility index (Phi) is 2.33. The van der Waals surface area contributed by atoms with Crippen molar-refractivity contribution in [2.75, 3.05) is 6.54 Å². The highest BCUT2D eigenvalue weighted by Crippen LogP contribution is 2.55. The van der Waals surface area contributed by atoms with Gasteiger partial charge in [0.05, 0.1) is 6.07 Å². The van der Waals surface area contributed by atoms with Crippen LogP contribution in [0.2, 0.25) is 0 Å². The van der Waals surface area contributed by atoms with E-state index in [1.165, 1.54) is 38.5 Å². The van der Waals surface area contributed by atoms with E-state index in [1.54, 1.807) is 0 Å². The van der Waals surface area contributed by atoms with E-state index in [4.69, 9.17) is 5.26 Å². The molecule has 0 unspecified atom stereocenters. The minimum atomic E-state index is 0.370. The van der Waals surface area contributed by atoms with E-state index < -0.39 is 0 Å². The van der Waals surface area contributed by atoms with Crippen molar-refractivity contribution in [1.29, 1.82) is 5.26 Å². The lowest BCUT2D eigenvalue weighted by atomic mass is 9.53. The first kappa shape index (κ1) is 10.4. The molecule has 1 N–H and O–H groups in total. The van der Waals surface area contributed by atoms with Gasteiger partial charge in [0, 0.05) is 17.7 Å². The second-order valence-corrected chi connectivity index (χ2v) is 6.27. The summed E-state index contributed by atoms with van der Waals surface area (Å²) in [5.41, 5.74) is 1.05. The molecule has 0 aromatic rings. The van der Waals surface area contributed by atoms with Crippen LogP contribution in [0.5, 0.6) is 0 Å². The Labute approximate surface area is 97.7 Å². The molecular weight excluding hydrogens is 196 g/mol. The van der Waals surface area contributed by atoms with Crippen molar-refractivity contribution in [3.63, 3.8) is 0 Å². The highest BCUT2D eigenvalue weighted by molar-refractivity contribution is 5.19. The third-order valence-electron chi connectivity index (χ3n) is 4.87. The highest BCUT2D eigenvalue weighted by atomic mass is 15.0. The molecule has 4 bridgehead atoms. The molecule has 4 rings (SSSR count). The topological polar surface area (TPSA) is 35.8 Å². The van der Waals surface area contributed by atoms with Gasteiger partial charge in [0.1, 0.15) is 0 Å². The Morgan fingerprint density at radius 2 is 1.69 bits per heavy atom. The summed E-state index contributed by atoms with van der Waals surface area (Å²) in [6.07, 6.45) is 8.45. The van der Waals surface area contributed by atoms with Crippen LogP contribution in [0.4, 0.5) is 0 Å². The van der Waals surface area contributed by atoms with Gasteiger partial charge in [-0.1, -0.05) is 6.58 Å². The maximum Gasteiger partial charge on any atom is 0.0954 e. The summed E-state index contributed by atoms with van der Waals surface area (Å²) in [5.74, 6) is 2.90. The van der Waals surface area contributed by atoms with Crippen molar-refractivity contribution in [1.82, 2.24) is 5.32 Å². The van der Waals surface area contributed by atoms with Crippen LogP contribution in [0.1, 0.15) is 38.5 Å². The number of nitrogens with zero attached hydrogens (tertiary/aromatic N) is 1.